The highest BCUT2D eigenvalue weighted by atomic mass is 19.3. The summed E-state index contributed by atoms with van der Waals surface area (Å²) in [5, 5.41) is 10.2. The first-order chi connectivity index (χ1) is 19.7. The lowest BCUT2D eigenvalue weighted by molar-refractivity contribution is -0.0506. The SMILES string of the molecule is CC(C)(O)c1ncc(-c2cn3c4c(nc3cc2F)C(OCc2cccnc2)CC4c2ccccc2OC(F)F)cn1. The van der Waals surface area contributed by atoms with Crippen molar-refractivity contribution in [3.8, 4) is 16.9 Å². The second-order valence-electron chi connectivity index (χ2n) is 10.4. The number of halogens is 3. The zero-order valence-electron chi connectivity index (χ0n) is 22.2. The molecule has 0 saturated heterocycles. The Bertz CT molecular complexity index is 1690. The van der Waals surface area contributed by atoms with Crippen LogP contribution in [0.15, 0.2) is 73.4 Å². The van der Waals surface area contributed by atoms with E-state index in [0.717, 1.165) is 5.56 Å². The molecular formula is C30H26F3N5O3. The molecule has 4 heterocycles. The van der Waals surface area contributed by atoms with Crippen LogP contribution in [-0.2, 0) is 16.9 Å². The van der Waals surface area contributed by atoms with Gasteiger partial charge in [-0.1, -0.05) is 24.3 Å². The maximum atomic E-state index is 15.4. The number of imidazole rings is 1. The lowest BCUT2D eigenvalue weighted by atomic mass is 9.95. The van der Waals surface area contributed by atoms with E-state index >= 15 is 4.39 Å². The van der Waals surface area contributed by atoms with E-state index in [1.807, 2.05) is 12.1 Å². The van der Waals surface area contributed by atoms with Crippen LogP contribution in [-0.4, -0.2) is 36.1 Å². The number of alkyl halides is 2. The zero-order chi connectivity index (χ0) is 28.7. The van der Waals surface area contributed by atoms with Gasteiger partial charge in [0, 0.05) is 59.7 Å². The molecule has 0 bridgehead atoms. The number of aliphatic hydroxyl groups is 1. The van der Waals surface area contributed by atoms with Crippen LogP contribution in [0.3, 0.4) is 0 Å². The average Bonchev–Trinajstić information content (AvgIpc) is 3.48. The highest BCUT2D eigenvalue weighted by Gasteiger charge is 2.39. The van der Waals surface area contributed by atoms with E-state index in [-0.39, 0.29) is 23.7 Å². The first kappa shape index (κ1) is 26.9. The molecule has 6 rings (SSSR count). The van der Waals surface area contributed by atoms with Crippen molar-refractivity contribution in [1.82, 2.24) is 24.3 Å². The second-order valence-corrected chi connectivity index (χ2v) is 10.4. The number of hydrogen-bond donors (Lipinski definition) is 1. The molecule has 0 spiro atoms. The summed E-state index contributed by atoms with van der Waals surface area (Å²) >= 11 is 0. The summed E-state index contributed by atoms with van der Waals surface area (Å²) in [5.74, 6) is -0.706. The Labute approximate surface area is 233 Å². The molecule has 8 nitrogen and oxygen atoms in total. The van der Waals surface area contributed by atoms with Crippen molar-refractivity contribution < 1.29 is 27.8 Å². The first-order valence-electron chi connectivity index (χ1n) is 13.0. The Hall–Kier alpha value is -4.35. The van der Waals surface area contributed by atoms with Crippen molar-refractivity contribution in [2.75, 3.05) is 0 Å². The first-order valence-corrected chi connectivity index (χ1v) is 13.0. The molecule has 0 aliphatic heterocycles. The van der Waals surface area contributed by atoms with E-state index in [2.05, 4.69) is 15.0 Å². The highest BCUT2D eigenvalue weighted by molar-refractivity contribution is 5.65. The Kier molecular flexibility index (Phi) is 6.92. The number of ether oxygens (including phenoxy) is 2. The summed E-state index contributed by atoms with van der Waals surface area (Å²) in [7, 11) is 0. The molecule has 0 fully saturated rings. The second kappa shape index (κ2) is 10.6. The summed E-state index contributed by atoms with van der Waals surface area (Å²) < 4.78 is 54.9. The van der Waals surface area contributed by atoms with E-state index in [1.165, 1.54) is 24.5 Å². The largest absolute Gasteiger partial charge is 0.435 e. The van der Waals surface area contributed by atoms with Crippen LogP contribution in [0.1, 0.15) is 60.6 Å². The highest BCUT2D eigenvalue weighted by Crippen LogP contribution is 2.48. The monoisotopic (exact) mass is 561 g/mol. The lowest BCUT2D eigenvalue weighted by Crippen LogP contribution is -2.19. The lowest BCUT2D eigenvalue weighted by Gasteiger charge is -2.18. The standard InChI is InChI=1S/C30H26F3N5O3/c1-30(2,39)28-35-13-18(14-36-28)21-15-38-25(11-22(21)31)37-26-24(40-16-17-6-5-9-34-12-17)10-20(27(26)38)19-7-3-4-8-23(19)41-29(32)33/h3-9,11-15,20,24,29,39H,10,16H2,1-2H3. The van der Waals surface area contributed by atoms with Gasteiger partial charge in [-0.3, -0.25) is 4.98 Å². The van der Waals surface area contributed by atoms with Gasteiger partial charge in [0.1, 0.15) is 28.9 Å². The number of fused-ring (bicyclic) bond motifs is 3. The minimum absolute atomic E-state index is 0.0549. The zero-order valence-corrected chi connectivity index (χ0v) is 22.2. The van der Waals surface area contributed by atoms with Crippen LogP contribution in [0.5, 0.6) is 5.75 Å². The van der Waals surface area contributed by atoms with Crippen LogP contribution in [0.4, 0.5) is 13.2 Å². The van der Waals surface area contributed by atoms with Gasteiger partial charge in [0.25, 0.3) is 0 Å². The fraction of sp³-hybridized carbons (Fsp3) is 0.267. The predicted octanol–water partition coefficient (Wildman–Crippen LogP) is 5.95. The molecule has 0 radical (unpaired) electrons. The average molecular weight is 562 g/mol. The van der Waals surface area contributed by atoms with Crippen molar-refractivity contribution in [2.45, 2.75) is 51.1 Å². The van der Waals surface area contributed by atoms with Crippen molar-refractivity contribution in [2.24, 2.45) is 0 Å². The molecule has 11 heteroatoms. The molecule has 210 valence electrons. The number of nitrogens with zero attached hydrogens (tertiary/aromatic N) is 5. The molecule has 1 aromatic carbocycles. The van der Waals surface area contributed by atoms with Crippen LogP contribution in [0.25, 0.3) is 16.8 Å². The fourth-order valence-corrected chi connectivity index (χ4v) is 5.19. The number of hydrogen-bond acceptors (Lipinski definition) is 7. The van der Waals surface area contributed by atoms with Crippen LogP contribution < -0.4 is 4.74 Å². The molecule has 2 unspecified atom stereocenters. The van der Waals surface area contributed by atoms with E-state index in [9.17, 15) is 13.9 Å². The quantitative estimate of drug-likeness (QED) is 0.250. The van der Waals surface area contributed by atoms with E-state index in [4.69, 9.17) is 14.5 Å². The number of pyridine rings is 2. The third-order valence-corrected chi connectivity index (χ3v) is 7.05. The van der Waals surface area contributed by atoms with Crippen LogP contribution in [0.2, 0.25) is 0 Å². The Morgan fingerprint density at radius 1 is 1.10 bits per heavy atom. The third-order valence-electron chi connectivity index (χ3n) is 7.05. The summed E-state index contributed by atoms with van der Waals surface area (Å²) in [6, 6.07) is 11.6. The molecule has 1 aliphatic rings. The Morgan fingerprint density at radius 2 is 1.88 bits per heavy atom. The van der Waals surface area contributed by atoms with Gasteiger partial charge in [-0.05, 0) is 38.0 Å². The smallest absolute Gasteiger partial charge is 0.387 e. The van der Waals surface area contributed by atoms with Gasteiger partial charge in [-0.15, -0.1) is 0 Å². The molecule has 5 aromatic rings. The van der Waals surface area contributed by atoms with Crippen LogP contribution >= 0.6 is 0 Å². The van der Waals surface area contributed by atoms with Gasteiger partial charge >= 0.3 is 6.61 Å². The van der Waals surface area contributed by atoms with E-state index in [0.29, 0.717) is 34.6 Å². The molecule has 41 heavy (non-hydrogen) atoms. The molecule has 1 N–H and O–H groups in total. The third kappa shape index (κ3) is 5.25. The van der Waals surface area contributed by atoms with Gasteiger partial charge < -0.3 is 19.0 Å². The maximum absolute atomic E-state index is 15.4. The Morgan fingerprint density at radius 3 is 2.59 bits per heavy atom. The number of benzene rings is 1. The minimum Gasteiger partial charge on any atom is -0.435 e. The predicted molar refractivity (Wildman–Crippen MR) is 143 cm³/mol. The summed E-state index contributed by atoms with van der Waals surface area (Å²) in [4.78, 5) is 17.3. The maximum Gasteiger partial charge on any atom is 0.387 e. The summed E-state index contributed by atoms with van der Waals surface area (Å²) in [6.07, 6.45) is 7.80. The Balaban J connectivity index is 1.46. The van der Waals surface area contributed by atoms with Gasteiger partial charge in [0.15, 0.2) is 5.82 Å². The fourth-order valence-electron chi connectivity index (χ4n) is 5.19. The number of rotatable bonds is 8. The van der Waals surface area contributed by atoms with E-state index in [1.54, 1.807) is 55.0 Å². The minimum atomic E-state index is -3.00. The van der Waals surface area contributed by atoms with Gasteiger partial charge in [0.2, 0.25) is 0 Å². The molecule has 0 saturated carbocycles. The molecule has 2 atom stereocenters. The molecular weight excluding hydrogens is 535 g/mol. The summed E-state index contributed by atoms with van der Waals surface area (Å²) in [5.41, 5.74) is 2.41. The van der Waals surface area contributed by atoms with Gasteiger partial charge in [-0.2, -0.15) is 8.78 Å². The van der Waals surface area contributed by atoms with Crippen molar-refractivity contribution in [3.05, 3.63) is 108 Å². The topological polar surface area (TPSA) is 94.7 Å². The van der Waals surface area contributed by atoms with Gasteiger partial charge in [0.05, 0.1) is 18.0 Å². The molecule has 0 amide bonds. The van der Waals surface area contributed by atoms with Crippen LogP contribution in [0, 0.1) is 5.82 Å². The number of aromatic nitrogens is 5. The normalized spacial score (nSPS) is 16.9. The van der Waals surface area contributed by atoms with Crippen molar-refractivity contribution in [3.63, 3.8) is 0 Å². The molecule has 4 aromatic heterocycles. The van der Waals surface area contributed by atoms with E-state index < -0.39 is 30.1 Å². The van der Waals surface area contributed by atoms with Gasteiger partial charge in [-0.25, -0.2) is 19.3 Å². The summed E-state index contributed by atoms with van der Waals surface area (Å²) in [6.45, 7) is 0.389. The van der Waals surface area contributed by atoms with Crippen molar-refractivity contribution >= 4 is 5.65 Å². The number of para-hydroxylation sites is 1. The molecule has 1 aliphatic carbocycles. The van der Waals surface area contributed by atoms with Crippen molar-refractivity contribution in [1.29, 1.82) is 0 Å².